The van der Waals surface area contributed by atoms with Gasteiger partial charge in [-0.2, -0.15) is 0 Å². The number of morpholine rings is 1. The molecule has 0 aromatic heterocycles. The summed E-state index contributed by atoms with van der Waals surface area (Å²) in [7, 11) is 0. The second kappa shape index (κ2) is 10.7. The van der Waals surface area contributed by atoms with E-state index in [0.29, 0.717) is 23.4 Å². The van der Waals surface area contributed by atoms with E-state index in [1.54, 1.807) is 36.4 Å². The Labute approximate surface area is 188 Å². The van der Waals surface area contributed by atoms with E-state index in [4.69, 9.17) is 4.74 Å². The molecule has 3 aromatic rings. The van der Waals surface area contributed by atoms with Gasteiger partial charge in [0.25, 0.3) is 11.8 Å². The first-order chi connectivity index (χ1) is 15.7. The highest BCUT2D eigenvalue weighted by atomic mass is 16.5. The lowest BCUT2D eigenvalue weighted by Crippen LogP contribution is -2.36. The molecule has 32 heavy (non-hydrogen) atoms. The third kappa shape index (κ3) is 5.81. The van der Waals surface area contributed by atoms with E-state index < -0.39 is 0 Å². The number of hydrogen-bond acceptors (Lipinski definition) is 4. The van der Waals surface area contributed by atoms with Gasteiger partial charge in [0.2, 0.25) is 0 Å². The quantitative estimate of drug-likeness (QED) is 0.601. The first kappa shape index (κ1) is 21.7. The maximum Gasteiger partial charge on any atom is 0.255 e. The third-order valence-electron chi connectivity index (χ3n) is 5.50. The van der Waals surface area contributed by atoms with Crippen LogP contribution in [0.25, 0.3) is 0 Å². The van der Waals surface area contributed by atoms with Gasteiger partial charge in [-0.15, -0.1) is 0 Å². The summed E-state index contributed by atoms with van der Waals surface area (Å²) in [6.45, 7) is 4.69. The number of carbonyl (C=O) groups excluding carboxylic acids is 2. The monoisotopic (exact) mass is 429 g/mol. The Bertz CT molecular complexity index is 1050. The number of ether oxygens (including phenoxy) is 1. The lowest BCUT2D eigenvalue weighted by atomic mass is 10.1. The predicted molar refractivity (Wildman–Crippen MR) is 125 cm³/mol. The van der Waals surface area contributed by atoms with E-state index in [0.717, 1.165) is 38.4 Å². The van der Waals surface area contributed by atoms with Crippen LogP contribution in [0.2, 0.25) is 0 Å². The van der Waals surface area contributed by atoms with Crippen molar-refractivity contribution in [3.05, 3.63) is 101 Å². The van der Waals surface area contributed by atoms with Gasteiger partial charge in [-0.25, -0.2) is 0 Å². The number of rotatable bonds is 7. The zero-order chi connectivity index (χ0) is 22.2. The van der Waals surface area contributed by atoms with Crippen molar-refractivity contribution < 1.29 is 14.3 Å². The number of nitrogens with one attached hydrogen (secondary N) is 2. The van der Waals surface area contributed by atoms with Crippen LogP contribution >= 0.6 is 0 Å². The van der Waals surface area contributed by atoms with Gasteiger partial charge in [0.15, 0.2) is 0 Å². The average Bonchev–Trinajstić information content (AvgIpc) is 2.85. The standard InChI is InChI=1S/C26H27N3O3/c30-25(21-10-12-24(13-11-21)28-26(31)20-6-2-1-3-7-20)27-18-22-8-4-5-9-23(22)19-29-14-16-32-17-15-29/h1-13H,14-19H2,(H,27,30)(H,28,31). The minimum atomic E-state index is -0.181. The van der Waals surface area contributed by atoms with Gasteiger partial charge in [0, 0.05) is 43.0 Å². The van der Waals surface area contributed by atoms with E-state index in [1.165, 1.54) is 5.56 Å². The van der Waals surface area contributed by atoms with Crippen LogP contribution in [-0.2, 0) is 17.8 Å². The number of benzene rings is 3. The summed E-state index contributed by atoms with van der Waals surface area (Å²) < 4.78 is 5.43. The van der Waals surface area contributed by atoms with Crippen LogP contribution in [-0.4, -0.2) is 43.0 Å². The van der Waals surface area contributed by atoms with Crippen LogP contribution in [0.5, 0.6) is 0 Å². The first-order valence-electron chi connectivity index (χ1n) is 10.8. The Morgan fingerprint density at radius 2 is 1.38 bits per heavy atom. The van der Waals surface area contributed by atoms with Crippen LogP contribution < -0.4 is 10.6 Å². The number of anilines is 1. The molecule has 2 N–H and O–H groups in total. The summed E-state index contributed by atoms with van der Waals surface area (Å²) >= 11 is 0. The first-order valence-corrected chi connectivity index (χ1v) is 10.8. The summed E-state index contributed by atoms with van der Waals surface area (Å²) in [5, 5.41) is 5.85. The van der Waals surface area contributed by atoms with E-state index in [9.17, 15) is 9.59 Å². The van der Waals surface area contributed by atoms with E-state index in [2.05, 4.69) is 27.7 Å². The van der Waals surface area contributed by atoms with E-state index >= 15 is 0 Å². The molecule has 1 aliphatic heterocycles. The topological polar surface area (TPSA) is 70.7 Å². The lowest BCUT2D eigenvalue weighted by Gasteiger charge is -2.27. The molecular formula is C26H27N3O3. The zero-order valence-electron chi connectivity index (χ0n) is 17.9. The van der Waals surface area contributed by atoms with Crippen molar-refractivity contribution in [2.45, 2.75) is 13.1 Å². The SMILES string of the molecule is O=C(NCc1ccccc1CN1CCOCC1)c1ccc(NC(=O)c2ccccc2)cc1. The van der Waals surface area contributed by atoms with Crippen LogP contribution in [0.3, 0.4) is 0 Å². The van der Waals surface area contributed by atoms with Crippen LogP contribution in [0.4, 0.5) is 5.69 Å². The highest BCUT2D eigenvalue weighted by molar-refractivity contribution is 6.04. The molecule has 0 spiro atoms. The lowest BCUT2D eigenvalue weighted by molar-refractivity contribution is 0.0340. The minimum absolute atomic E-state index is 0.146. The van der Waals surface area contributed by atoms with Gasteiger partial charge in [-0.3, -0.25) is 14.5 Å². The molecule has 1 aliphatic rings. The van der Waals surface area contributed by atoms with Gasteiger partial charge in [0.1, 0.15) is 0 Å². The normalized spacial score (nSPS) is 14.0. The Kier molecular flexibility index (Phi) is 7.27. The Morgan fingerprint density at radius 1 is 0.750 bits per heavy atom. The second-order valence-electron chi connectivity index (χ2n) is 7.74. The summed E-state index contributed by atoms with van der Waals surface area (Å²) in [6, 6.07) is 24.1. The summed E-state index contributed by atoms with van der Waals surface area (Å²) in [5.41, 5.74) is 4.11. The Morgan fingerprint density at radius 3 is 2.09 bits per heavy atom. The smallest absolute Gasteiger partial charge is 0.255 e. The fraction of sp³-hybridized carbons (Fsp3) is 0.231. The Hall–Kier alpha value is -3.48. The molecule has 1 fully saturated rings. The van der Waals surface area contributed by atoms with Gasteiger partial charge < -0.3 is 15.4 Å². The van der Waals surface area contributed by atoms with E-state index in [-0.39, 0.29) is 11.8 Å². The van der Waals surface area contributed by atoms with Crippen molar-refractivity contribution in [1.29, 1.82) is 0 Å². The van der Waals surface area contributed by atoms with Crippen LogP contribution in [0, 0.1) is 0 Å². The minimum Gasteiger partial charge on any atom is -0.379 e. The fourth-order valence-electron chi connectivity index (χ4n) is 3.66. The molecule has 3 aromatic carbocycles. The number of nitrogens with zero attached hydrogens (tertiary/aromatic N) is 1. The molecule has 0 radical (unpaired) electrons. The van der Waals surface area contributed by atoms with Crippen molar-refractivity contribution >= 4 is 17.5 Å². The van der Waals surface area contributed by atoms with Crippen molar-refractivity contribution in [1.82, 2.24) is 10.2 Å². The van der Waals surface area contributed by atoms with Gasteiger partial charge >= 0.3 is 0 Å². The largest absolute Gasteiger partial charge is 0.379 e. The molecule has 164 valence electrons. The summed E-state index contributed by atoms with van der Waals surface area (Å²) in [4.78, 5) is 27.3. The number of carbonyl (C=O) groups is 2. The highest BCUT2D eigenvalue weighted by Crippen LogP contribution is 2.15. The molecule has 4 rings (SSSR count). The average molecular weight is 430 g/mol. The summed E-state index contributed by atoms with van der Waals surface area (Å²) in [6.07, 6.45) is 0. The van der Waals surface area contributed by atoms with Crippen molar-refractivity contribution in [3.8, 4) is 0 Å². The zero-order valence-corrected chi connectivity index (χ0v) is 17.9. The molecule has 0 unspecified atom stereocenters. The van der Waals surface area contributed by atoms with Gasteiger partial charge in [-0.1, -0.05) is 42.5 Å². The molecular weight excluding hydrogens is 402 g/mol. The van der Waals surface area contributed by atoms with Crippen molar-refractivity contribution in [3.63, 3.8) is 0 Å². The maximum absolute atomic E-state index is 12.6. The van der Waals surface area contributed by atoms with Gasteiger partial charge in [0.05, 0.1) is 13.2 Å². The van der Waals surface area contributed by atoms with Crippen LogP contribution in [0.15, 0.2) is 78.9 Å². The molecule has 0 aliphatic carbocycles. The molecule has 6 nitrogen and oxygen atoms in total. The van der Waals surface area contributed by atoms with Crippen molar-refractivity contribution in [2.24, 2.45) is 0 Å². The molecule has 1 heterocycles. The Balaban J connectivity index is 1.33. The third-order valence-corrected chi connectivity index (χ3v) is 5.50. The molecule has 2 amide bonds. The molecule has 6 heteroatoms. The number of hydrogen-bond donors (Lipinski definition) is 2. The maximum atomic E-state index is 12.6. The predicted octanol–water partition coefficient (Wildman–Crippen LogP) is 3.70. The molecule has 0 atom stereocenters. The van der Waals surface area contributed by atoms with E-state index in [1.807, 2.05) is 30.3 Å². The molecule has 1 saturated heterocycles. The fourth-order valence-corrected chi connectivity index (χ4v) is 3.66. The second-order valence-corrected chi connectivity index (χ2v) is 7.74. The molecule has 0 bridgehead atoms. The summed E-state index contributed by atoms with van der Waals surface area (Å²) in [5.74, 6) is -0.327. The van der Waals surface area contributed by atoms with Crippen LogP contribution in [0.1, 0.15) is 31.8 Å². The van der Waals surface area contributed by atoms with Crippen molar-refractivity contribution in [2.75, 3.05) is 31.6 Å². The number of amides is 2. The molecule has 0 saturated carbocycles. The van der Waals surface area contributed by atoms with Gasteiger partial charge in [-0.05, 0) is 47.5 Å². The highest BCUT2D eigenvalue weighted by Gasteiger charge is 2.13.